The molecule has 1 amide bonds. The predicted octanol–water partition coefficient (Wildman–Crippen LogP) is 2.13. The van der Waals surface area contributed by atoms with Crippen molar-refractivity contribution in [3.8, 4) is 5.75 Å². The molecule has 1 fully saturated rings. The zero-order valence-electron chi connectivity index (χ0n) is 13.0. The Hall–Kier alpha value is -1.86. The van der Waals surface area contributed by atoms with E-state index in [0.29, 0.717) is 18.0 Å². The SMILES string of the molecule is COc1ccc(Br)c(NC(=O)[C@H]2CNC[C@@H]2c2cnn(C)c2)c1. The highest BCUT2D eigenvalue weighted by molar-refractivity contribution is 9.10. The molecule has 0 aliphatic carbocycles. The highest BCUT2D eigenvalue weighted by atomic mass is 79.9. The Labute approximate surface area is 143 Å². The van der Waals surface area contributed by atoms with Crippen molar-refractivity contribution in [2.75, 3.05) is 25.5 Å². The second kappa shape index (κ2) is 6.72. The maximum Gasteiger partial charge on any atom is 0.229 e. The number of amides is 1. The average molecular weight is 379 g/mol. The number of hydrogen-bond donors (Lipinski definition) is 2. The van der Waals surface area contributed by atoms with E-state index in [9.17, 15) is 4.79 Å². The van der Waals surface area contributed by atoms with Gasteiger partial charge in [-0.15, -0.1) is 0 Å². The van der Waals surface area contributed by atoms with Crippen LogP contribution < -0.4 is 15.4 Å². The summed E-state index contributed by atoms with van der Waals surface area (Å²) in [5, 5.41) is 10.5. The summed E-state index contributed by atoms with van der Waals surface area (Å²) in [4.78, 5) is 12.7. The molecule has 0 bridgehead atoms. The van der Waals surface area contributed by atoms with Crippen molar-refractivity contribution in [3.63, 3.8) is 0 Å². The van der Waals surface area contributed by atoms with E-state index in [1.165, 1.54) is 0 Å². The maximum absolute atomic E-state index is 12.7. The van der Waals surface area contributed by atoms with Crippen LogP contribution >= 0.6 is 15.9 Å². The lowest BCUT2D eigenvalue weighted by molar-refractivity contribution is -0.119. The second-order valence-corrected chi connectivity index (χ2v) is 6.51. The predicted molar refractivity (Wildman–Crippen MR) is 91.6 cm³/mol. The van der Waals surface area contributed by atoms with Gasteiger partial charge < -0.3 is 15.4 Å². The molecular weight excluding hydrogens is 360 g/mol. The third-order valence-corrected chi connectivity index (χ3v) is 4.83. The fourth-order valence-electron chi connectivity index (χ4n) is 2.89. The summed E-state index contributed by atoms with van der Waals surface area (Å²) in [5.41, 5.74) is 1.80. The Balaban J connectivity index is 1.77. The Kier molecular flexibility index (Phi) is 4.68. The molecule has 122 valence electrons. The Morgan fingerprint density at radius 2 is 2.30 bits per heavy atom. The minimum Gasteiger partial charge on any atom is -0.497 e. The number of nitrogens with zero attached hydrogens (tertiary/aromatic N) is 2. The first kappa shape index (κ1) is 16.0. The van der Waals surface area contributed by atoms with Gasteiger partial charge in [0.2, 0.25) is 5.91 Å². The van der Waals surface area contributed by atoms with Gasteiger partial charge in [0.25, 0.3) is 0 Å². The van der Waals surface area contributed by atoms with Gasteiger partial charge in [-0.2, -0.15) is 5.10 Å². The molecule has 2 aromatic rings. The highest BCUT2D eigenvalue weighted by Gasteiger charge is 2.34. The standard InChI is InChI=1S/C16H19BrN4O2/c1-21-9-10(6-19-21)12-7-18-8-13(12)16(22)20-15-5-11(23-2)3-4-14(15)17/h3-6,9,12-13,18H,7-8H2,1-2H3,(H,20,22)/t12-,13+/m1/s1. The minimum absolute atomic E-state index is 0.00203. The van der Waals surface area contributed by atoms with E-state index in [1.54, 1.807) is 11.8 Å². The summed E-state index contributed by atoms with van der Waals surface area (Å²) in [7, 11) is 3.49. The van der Waals surface area contributed by atoms with Gasteiger partial charge >= 0.3 is 0 Å². The molecule has 2 heterocycles. The van der Waals surface area contributed by atoms with Crippen LogP contribution in [-0.4, -0.2) is 35.9 Å². The molecule has 3 rings (SSSR count). The summed E-state index contributed by atoms with van der Waals surface area (Å²) < 4.78 is 7.81. The van der Waals surface area contributed by atoms with Crippen molar-refractivity contribution in [3.05, 3.63) is 40.6 Å². The molecular formula is C16H19BrN4O2. The van der Waals surface area contributed by atoms with Crippen molar-refractivity contribution in [1.82, 2.24) is 15.1 Å². The molecule has 0 radical (unpaired) electrons. The van der Waals surface area contributed by atoms with E-state index in [1.807, 2.05) is 37.6 Å². The molecule has 1 saturated heterocycles. The smallest absolute Gasteiger partial charge is 0.229 e. The quantitative estimate of drug-likeness (QED) is 0.854. The van der Waals surface area contributed by atoms with Crippen LogP contribution in [0.3, 0.4) is 0 Å². The number of benzene rings is 1. The first-order valence-electron chi connectivity index (χ1n) is 7.42. The fourth-order valence-corrected chi connectivity index (χ4v) is 3.23. The minimum atomic E-state index is -0.127. The number of carbonyl (C=O) groups is 1. The van der Waals surface area contributed by atoms with Gasteiger partial charge in [0.05, 0.1) is 24.9 Å². The van der Waals surface area contributed by atoms with Crippen LogP contribution in [-0.2, 0) is 11.8 Å². The molecule has 1 aliphatic heterocycles. The Morgan fingerprint density at radius 3 is 3.00 bits per heavy atom. The zero-order chi connectivity index (χ0) is 16.4. The van der Waals surface area contributed by atoms with E-state index in [2.05, 4.69) is 31.7 Å². The van der Waals surface area contributed by atoms with Crippen molar-refractivity contribution in [2.45, 2.75) is 5.92 Å². The zero-order valence-corrected chi connectivity index (χ0v) is 14.6. The second-order valence-electron chi connectivity index (χ2n) is 5.65. The van der Waals surface area contributed by atoms with E-state index in [-0.39, 0.29) is 17.7 Å². The van der Waals surface area contributed by atoms with Crippen LogP contribution in [0.4, 0.5) is 5.69 Å². The number of aromatic nitrogens is 2. The molecule has 0 spiro atoms. The van der Waals surface area contributed by atoms with E-state index >= 15 is 0 Å². The number of hydrogen-bond acceptors (Lipinski definition) is 4. The molecule has 1 aliphatic rings. The van der Waals surface area contributed by atoms with Crippen LogP contribution in [0.25, 0.3) is 0 Å². The van der Waals surface area contributed by atoms with Gasteiger partial charge in [-0.1, -0.05) is 0 Å². The number of methoxy groups -OCH3 is 1. The Morgan fingerprint density at radius 1 is 1.48 bits per heavy atom. The normalized spacial score (nSPS) is 20.5. The number of rotatable bonds is 4. The molecule has 2 atom stereocenters. The molecule has 23 heavy (non-hydrogen) atoms. The fraction of sp³-hybridized carbons (Fsp3) is 0.375. The summed E-state index contributed by atoms with van der Waals surface area (Å²) in [5.74, 6) is 0.708. The van der Waals surface area contributed by atoms with Gasteiger partial charge in [0.1, 0.15) is 5.75 Å². The van der Waals surface area contributed by atoms with Crippen LogP contribution in [0.1, 0.15) is 11.5 Å². The molecule has 6 nitrogen and oxygen atoms in total. The largest absolute Gasteiger partial charge is 0.497 e. The van der Waals surface area contributed by atoms with Crippen molar-refractivity contribution >= 4 is 27.5 Å². The lowest BCUT2D eigenvalue weighted by atomic mass is 9.90. The van der Waals surface area contributed by atoms with Crippen molar-refractivity contribution < 1.29 is 9.53 Å². The van der Waals surface area contributed by atoms with Crippen LogP contribution in [0.2, 0.25) is 0 Å². The van der Waals surface area contributed by atoms with Gasteiger partial charge in [0.15, 0.2) is 0 Å². The molecule has 2 N–H and O–H groups in total. The number of nitrogens with one attached hydrogen (secondary N) is 2. The van der Waals surface area contributed by atoms with Gasteiger partial charge in [-0.05, 0) is 33.6 Å². The van der Waals surface area contributed by atoms with Crippen molar-refractivity contribution in [2.24, 2.45) is 13.0 Å². The maximum atomic E-state index is 12.7. The first-order chi connectivity index (χ1) is 11.1. The first-order valence-corrected chi connectivity index (χ1v) is 8.21. The van der Waals surface area contributed by atoms with Crippen LogP contribution in [0.15, 0.2) is 35.1 Å². The lowest BCUT2D eigenvalue weighted by Crippen LogP contribution is -2.28. The number of ether oxygens (including phenoxy) is 1. The molecule has 1 aromatic carbocycles. The van der Waals surface area contributed by atoms with E-state index in [0.717, 1.165) is 16.6 Å². The van der Waals surface area contributed by atoms with Gasteiger partial charge in [0, 0.05) is 42.8 Å². The van der Waals surface area contributed by atoms with Crippen molar-refractivity contribution in [1.29, 1.82) is 0 Å². The average Bonchev–Trinajstić information content (AvgIpc) is 3.17. The molecule has 7 heteroatoms. The third-order valence-electron chi connectivity index (χ3n) is 4.14. The van der Waals surface area contributed by atoms with E-state index in [4.69, 9.17) is 4.74 Å². The molecule has 0 saturated carbocycles. The number of aryl methyl sites for hydroxylation is 1. The molecule has 1 aromatic heterocycles. The van der Waals surface area contributed by atoms with E-state index < -0.39 is 0 Å². The molecule has 0 unspecified atom stereocenters. The van der Waals surface area contributed by atoms with Gasteiger partial charge in [-0.3, -0.25) is 9.48 Å². The highest BCUT2D eigenvalue weighted by Crippen LogP contribution is 2.31. The number of anilines is 1. The summed E-state index contributed by atoms with van der Waals surface area (Å²) >= 11 is 3.46. The summed E-state index contributed by atoms with van der Waals surface area (Å²) in [6, 6.07) is 5.51. The topological polar surface area (TPSA) is 68.2 Å². The third kappa shape index (κ3) is 3.40. The summed E-state index contributed by atoms with van der Waals surface area (Å²) in [6.07, 6.45) is 3.80. The van der Waals surface area contributed by atoms with Gasteiger partial charge in [-0.25, -0.2) is 0 Å². The van der Waals surface area contributed by atoms with Crippen LogP contribution in [0, 0.1) is 5.92 Å². The Bertz CT molecular complexity index is 716. The number of carbonyl (C=O) groups excluding carboxylic acids is 1. The number of halogens is 1. The van der Waals surface area contributed by atoms with Crippen LogP contribution in [0.5, 0.6) is 5.75 Å². The monoisotopic (exact) mass is 378 g/mol. The lowest BCUT2D eigenvalue weighted by Gasteiger charge is -2.18. The summed E-state index contributed by atoms with van der Waals surface area (Å²) in [6.45, 7) is 1.44.